The molecule has 0 amide bonds. The van der Waals surface area contributed by atoms with Gasteiger partial charge in [0.05, 0.1) is 17.7 Å². The van der Waals surface area contributed by atoms with Crippen LogP contribution in [0.4, 0.5) is 0 Å². The van der Waals surface area contributed by atoms with Crippen LogP contribution in [0.2, 0.25) is 0 Å². The van der Waals surface area contributed by atoms with Crippen LogP contribution < -0.4 is 0 Å². The minimum atomic E-state index is -0.655. The first-order valence-electron chi connectivity index (χ1n) is 6.85. The Kier molecular flexibility index (Phi) is 3.94. The maximum absolute atomic E-state index is 11.4. The van der Waals surface area contributed by atoms with E-state index in [-0.39, 0.29) is 0 Å². The molecule has 1 aliphatic heterocycles. The van der Waals surface area contributed by atoms with E-state index in [1.54, 1.807) is 0 Å². The van der Waals surface area contributed by atoms with Gasteiger partial charge >= 0.3 is 5.97 Å². The lowest BCUT2D eigenvalue weighted by Crippen LogP contribution is -2.43. The van der Waals surface area contributed by atoms with Gasteiger partial charge in [-0.25, -0.2) is 4.98 Å². The van der Waals surface area contributed by atoms with Gasteiger partial charge in [-0.2, -0.15) is 0 Å². The largest absolute Gasteiger partial charge is 0.481 e. The molecule has 0 atom stereocenters. The van der Waals surface area contributed by atoms with Gasteiger partial charge in [0.2, 0.25) is 5.89 Å². The summed E-state index contributed by atoms with van der Waals surface area (Å²) in [7, 11) is 0. The highest BCUT2D eigenvalue weighted by atomic mass is 16.4. The van der Waals surface area contributed by atoms with Crippen molar-refractivity contribution in [2.45, 2.75) is 46.6 Å². The van der Waals surface area contributed by atoms with Crippen LogP contribution in [0.15, 0.2) is 4.42 Å². The summed E-state index contributed by atoms with van der Waals surface area (Å²) in [5.74, 6) is 0.937. The van der Waals surface area contributed by atoms with Crippen LogP contribution in [0, 0.1) is 19.3 Å². The highest BCUT2D eigenvalue weighted by molar-refractivity contribution is 5.74. The molecule has 106 valence electrons. The molecule has 0 aromatic carbocycles. The molecule has 0 spiro atoms. The molecule has 0 aliphatic carbocycles. The number of piperidine rings is 1. The minimum absolute atomic E-state index is 0.529. The highest BCUT2D eigenvalue weighted by Gasteiger charge is 2.39. The van der Waals surface area contributed by atoms with E-state index in [9.17, 15) is 9.90 Å². The quantitative estimate of drug-likeness (QED) is 0.906. The van der Waals surface area contributed by atoms with Crippen LogP contribution in [-0.4, -0.2) is 34.0 Å². The number of rotatable bonds is 4. The van der Waals surface area contributed by atoms with Crippen molar-refractivity contribution in [1.82, 2.24) is 9.88 Å². The number of carbonyl (C=O) groups is 1. The topological polar surface area (TPSA) is 66.6 Å². The zero-order chi connectivity index (χ0) is 14.0. The van der Waals surface area contributed by atoms with E-state index in [2.05, 4.69) is 9.88 Å². The summed E-state index contributed by atoms with van der Waals surface area (Å²) in [5.41, 5.74) is 0.402. The van der Waals surface area contributed by atoms with Crippen molar-refractivity contribution in [2.24, 2.45) is 5.41 Å². The molecular formula is C14H22N2O3. The number of likely N-dealkylation sites (tertiary alicyclic amines) is 1. The van der Waals surface area contributed by atoms with Crippen molar-refractivity contribution < 1.29 is 14.3 Å². The zero-order valence-electron chi connectivity index (χ0n) is 11.9. The van der Waals surface area contributed by atoms with E-state index in [4.69, 9.17) is 4.42 Å². The third-order valence-electron chi connectivity index (χ3n) is 4.38. The molecule has 2 rings (SSSR count). The molecule has 2 heterocycles. The second-order valence-corrected chi connectivity index (χ2v) is 5.46. The lowest BCUT2D eigenvalue weighted by molar-refractivity contribution is -0.152. The predicted octanol–water partition coefficient (Wildman–Crippen LogP) is 2.37. The summed E-state index contributed by atoms with van der Waals surface area (Å²) in [6.45, 7) is 8.07. The fourth-order valence-electron chi connectivity index (χ4n) is 2.66. The van der Waals surface area contributed by atoms with Crippen LogP contribution in [0.25, 0.3) is 0 Å². The Morgan fingerprint density at radius 1 is 1.42 bits per heavy atom. The molecule has 0 unspecified atom stereocenters. The van der Waals surface area contributed by atoms with Crippen LogP contribution in [0.3, 0.4) is 0 Å². The first-order valence-corrected chi connectivity index (χ1v) is 6.85. The van der Waals surface area contributed by atoms with Crippen molar-refractivity contribution in [1.29, 1.82) is 0 Å². The van der Waals surface area contributed by atoms with Gasteiger partial charge in [0.25, 0.3) is 0 Å². The molecule has 0 saturated carbocycles. The van der Waals surface area contributed by atoms with Crippen molar-refractivity contribution in [3.05, 3.63) is 17.3 Å². The molecule has 1 fully saturated rings. The van der Waals surface area contributed by atoms with E-state index in [1.807, 2.05) is 20.8 Å². The second-order valence-electron chi connectivity index (χ2n) is 5.46. The third-order valence-corrected chi connectivity index (χ3v) is 4.38. The number of aryl methyl sites for hydroxylation is 2. The zero-order valence-corrected chi connectivity index (χ0v) is 11.9. The average Bonchev–Trinajstić information content (AvgIpc) is 2.69. The molecule has 1 aromatic rings. The second kappa shape index (κ2) is 5.33. The Morgan fingerprint density at radius 3 is 2.47 bits per heavy atom. The number of hydrogen-bond acceptors (Lipinski definition) is 4. The molecule has 1 saturated heterocycles. The first kappa shape index (κ1) is 14.1. The van der Waals surface area contributed by atoms with Crippen LogP contribution in [-0.2, 0) is 11.3 Å². The number of hydrogen-bond donors (Lipinski definition) is 1. The summed E-state index contributed by atoms with van der Waals surface area (Å²) in [6.07, 6.45) is 2.11. The predicted molar refractivity (Wildman–Crippen MR) is 70.8 cm³/mol. The van der Waals surface area contributed by atoms with Crippen LogP contribution in [0.1, 0.15) is 43.5 Å². The standard InChI is InChI=1S/C14H22N2O3/c1-4-14(13(17)18)5-7-16(8-6-14)9-12-15-10(2)11(3)19-12/h4-9H2,1-3H3,(H,17,18). The smallest absolute Gasteiger partial charge is 0.309 e. The van der Waals surface area contributed by atoms with Crippen molar-refractivity contribution >= 4 is 5.97 Å². The van der Waals surface area contributed by atoms with E-state index < -0.39 is 11.4 Å². The summed E-state index contributed by atoms with van der Waals surface area (Å²) >= 11 is 0. The summed E-state index contributed by atoms with van der Waals surface area (Å²) in [6, 6.07) is 0. The lowest BCUT2D eigenvalue weighted by Gasteiger charge is -2.37. The van der Waals surface area contributed by atoms with Gasteiger partial charge in [-0.3, -0.25) is 9.69 Å². The third kappa shape index (κ3) is 2.81. The Labute approximate surface area is 113 Å². The number of carboxylic acid groups (broad SMARTS) is 1. The highest BCUT2D eigenvalue weighted by Crippen LogP contribution is 2.35. The number of oxazole rings is 1. The van der Waals surface area contributed by atoms with E-state index in [0.29, 0.717) is 25.8 Å². The van der Waals surface area contributed by atoms with E-state index >= 15 is 0 Å². The number of carboxylic acids is 1. The molecule has 1 aliphatic rings. The maximum Gasteiger partial charge on any atom is 0.309 e. The summed E-state index contributed by atoms with van der Waals surface area (Å²) in [5, 5.41) is 9.36. The Hall–Kier alpha value is -1.36. The minimum Gasteiger partial charge on any atom is -0.481 e. The van der Waals surface area contributed by atoms with Crippen molar-refractivity contribution in [3.63, 3.8) is 0 Å². The lowest BCUT2D eigenvalue weighted by atomic mass is 9.76. The fourth-order valence-corrected chi connectivity index (χ4v) is 2.66. The monoisotopic (exact) mass is 266 g/mol. The van der Waals surface area contributed by atoms with Crippen LogP contribution >= 0.6 is 0 Å². The molecule has 5 nitrogen and oxygen atoms in total. The molecule has 5 heteroatoms. The molecule has 0 bridgehead atoms. The fraction of sp³-hybridized carbons (Fsp3) is 0.714. The Morgan fingerprint density at radius 2 is 2.05 bits per heavy atom. The molecule has 1 N–H and O–H groups in total. The molecular weight excluding hydrogens is 244 g/mol. The van der Waals surface area contributed by atoms with Gasteiger partial charge in [0, 0.05) is 0 Å². The van der Waals surface area contributed by atoms with E-state index in [1.165, 1.54) is 0 Å². The normalized spacial score (nSPS) is 19.5. The van der Waals surface area contributed by atoms with Gasteiger partial charge in [-0.05, 0) is 46.2 Å². The van der Waals surface area contributed by atoms with Crippen molar-refractivity contribution in [2.75, 3.05) is 13.1 Å². The Balaban J connectivity index is 1.95. The van der Waals surface area contributed by atoms with Crippen LogP contribution in [0.5, 0.6) is 0 Å². The first-order chi connectivity index (χ1) is 8.97. The van der Waals surface area contributed by atoms with Crippen molar-refractivity contribution in [3.8, 4) is 0 Å². The van der Waals surface area contributed by atoms with Gasteiger partial charge < -0.3 is 9.52 Å². The summed E-state index contributed by atoms with van der Waals surface area (Å²) in [4.78, 5) is 18.0. The van der Waals surface area contributed by atoms with Gasteiger partial charge in [-0.15, -0.1) is 0 Å². The van der Waals surface area contributed by atoms with Gasteiger partial charge in [-0.1, -0.05) is 6.92 Å². The molecule has 19 heavy (non-hydrogen) atoms. The Bertz CT molecular complexity index is 440. The number of aliphatic carboxylic acids is 1. The summed E-state index contributed by atoms with van der Waals surface area (Å²) < 4.78 is 5.57. The molecule has 1 aromatic heterocycles. The van der Waals surface area contributed by atoms with Gasteiger partial charge in [0.1, 0.15) is 5.76 Å². The number of aromatic nitrogens is 1. The van der Waals surface area contributed by atoms with Gasteiger partial charge in [0.15, 0.2) is 0 Å². The SMILES string of the molecule is CCC1(C(=O)O)CCN(Cc2nc(C)c(C)o2)CC1. The van der Waals surface area contributed by atoms with E-state index in [0.717, 1.165) is 30.4 Å². The average molecular weight is 266 g/mol. The molecule has 0 radical (unpaired) electrons. The number of nitrogens with zero attached hydrogens (tertiary/aromatic N) is 2. The maximum atomic E-state index is 11.4.